The van der Waals surface area contributed by atoms with Gasteiger partial charge in [-0.05, 0) is 34.1 Å². The van der Waals surface area contributed by atoms with Gasteiger partial charge in [0, 0.05) is 18.1 Å². The van der Waals surface area contributed by atoms with Crippen molar-refractivity contribution >= 4 is 27.5 Å². The smallest absolute Gasteiger partial charge is 0.133 e. The van der Waals surface area contributed by atoms with Crippen LogP contribution in [0.2, 0.25) is 5.02 Å². The lowest BCUT2D eigenvalue weighted by molar-refractivity contribution is 0.0000445. The molecule has 1 saturated heterocycles. The Kier molecular flexibility index (Phi) is 4.46. The normalized spacial score (nSPS) is 20.8. The van der Waals surface area contributed by atoms with Gasteiger partial charge in [0.25, 0.3) is 0 Å². The molecule has 0 amide bonds. The fourth-order valence-corrected chi connectivity index (χ4v) is 2.30. The third-order valence-corrected chi connectivity index (χ3v) is 3.18. The van der Waals surface area contributed by atoms with Gasteiger partial charge < -0.3 is 14.8 Å². The summed E-state index contributed by atoms with van der Waals surface area (Å²) in [5.41, 5.74) is 0. The SMILES string of the molecule is Clc1ccc(OCC2CNCCO2)c(Br)c1. The number of hydrogen-bond donors (Lipinski definition) is 1. The zero-order chi connectivity index (χ0) is 11.4. The molecule has 1 aromatic rings. The second-order valence-corrected chi connectivity index (χ2v) is 4.87. The van der Waals surface area contributed by atoms with Gasteiger partial charge in [0.05, 0.1) is 11.1 Å². The van der Waals surface area contributed by atoms with Crippen molar-refractivity contribution in [3.63, 3.8) is 0 Å². The fourth-order valence-electron chi connectivity index (χ4n) is 1.50. The molecule has 1 aliphatic heterocycles. The second kappa shape index (κ2) is 5.87. The van der Waals surface area contributed by atoms with E-state index < -0.39 is 0 Å². The molecule has 1 aromatic carbocycles. The van der Waals surface area contributed by atoms with E-state index in [2.05, 4.69) is 21.2 Å². The molecule has 88 valence electrons. The van der Waals surface area contributed by atoms with Crippen molar-refractivity contribution in [1.29, 1.82) is 0 Å². The number of benzene rings is 1. The van der Waals surface area contributed by atoms with E-state index in [-0.39, 0.29) is 6.10 Å². The van der Waals surface area contributed by atoms with Crippen molar-refractivity contribution in [2.45, 2.75) is 6.10 Å². The van der Waals surface area contributed by atoms with Gasteiger partial charge >= 0.3 is 0 Å². The average Bonchev–Trinajstić information content (AvgIpc) is 2.29. The first-order valence-corrected chi connectivity index (χ1v) is 6.33. The quantitative estimate of drug-likeness (QED) is 0.930. The van der Waals surface area contributed by atoms with Crippen molar-refractivity contribution in [3.05, 3.63) is 27.7 Å². The molecule has 5 heteroatoms. The minimum atomic E-state index is 0.122. The van der Waals surface area contributed by atoms with Crippen LogP contribution in [0.5, 0.6) is 5.75 Å². The van der Waals surface area contributed by atoms with Crippen LogP contribution >= 0.6 is 27.5 Å². The maximum atomic E-state index is 5.85. The number of nitrogens with one attached hydrogen (secondary N) is 1. The third kappa shape index (κ3) is 3.35. The topological polar surface area (TPSA) is 30.5 Å². The van der Waals surface area contributed by atoms with Crippen molar-refractivity contribution < 1.29 is 9.47 Å². The number of ether oxygens (including phenoxy) is 2. The molecule has 1 N–H and O–H groups in total. The van der Waals surface area contributed by atoms with Crippen LogP contribution < -0.4 is 10.1 Å². The van der Waals surface area contributed by atoms with Crippen LogP contribution in [0, 0.1) is 0 Å². The summed E-state index contributed by atoms with van der Waals surface area (Å²) >= 11 is 9.25. The first kappa shape index (κ1) is 12.2. The Morgan fingerprint density at radius 2 is 2.44 bits per heavy atom. The molecule has 1 heterocycles. The van der Waals surface area contributed by atoms with Crippen molar-refractivity contribution in [1.82, 2.24) is 5.32 Å². The molecule has 0 aliphatic carbocycles. The summed E-state index contributed by atoms with van der Waals surface area (Å²) in [6.45, 7) is 3.05. The highest BCUT2D eigenvalue weighted by molar-refractivity contribution is 9.10. The Balaban J connectivity index is 1.88. The second-order valence-electron chi connectivity index (χ2n) is 3.58. The molecule has 0 aromatic heterocycles. The molecule has 3 nitrogen and oxygen atoms in total. The molecular formula is C11H13BrClNO2. The van der Waals surface area contributed by atoms with Gasteiger partial charge in [0.1, 0.15) is 18.5 Å². The molecule has 0 radical (unpaired) electrons. The molecule has 2 rings (SSSR count). The number of hydrogen-bond acceptors (Lipinski definition) is 3. The van der Waals surface area contributed by atoms with Gasteiger partial charge in [-0.25, -0.2) is 0 Å². The van der Waals surface area contributed by atoms with Gasteiger partial charge in [-0.15, -0.1) is 0 Å². The standard InChI is InChI=1S/C11H13BrClNO2/c12-10-5-8(13)1-2-11(10)16-7-9-6-14-3-4-15-9/h1-2,5,9,14H,3-4,6-7H2. The maximum absolute atomic E-state index is 5.85. The largest absolute Gasteiger partial charge is 0.490 e. The van der Waals surface area contributed by atoms with E-state index in [1.165, 1.54) is 0 Å². The molecule has 1 atom stereocenters. The maximum Gasteiger partial charge on any atom is 0.133 e. The molecule has 0 bridgehead atoms. The summed E-state index contributed by atoms with van der Waals surface area (Å²) in [7, 11) is 0. The molecular weight excluding hydrogens is 293 g/mol. The van der Waals surface area contributed by atoms with Gasteiger partial charge in [-0.3, -0.25) is 0 Å². The lowest BCUT2D eigenvalue weighted by Gasteiger charge is -2.23. The number of morpholine rings is 1. The lowest BCUT2D eigenvalue weighted by atomic mass is 10.3. The van der Waals surface area contributed by atoms with Crippen LogP contribution in [-0.4, -0.2) is 32.4 Å². The Morgan fingerprint density at radius 3 is 3.12 bits per heavy atom. The van der Waals surface area contributed by atoms with Crippen molar-refractivity contribution in [2.75, 3.05) is 26.3 Å². The minimum Gasteiger partial charge on any atom is -0.490 e. The van der Waals surface area contributed by atoms with Gasteiger partial charge in [-0.1, -0.05) is 11.6 Å². The first-order valence-electron chi connectivity index (χ1n) is 5.16. The predicted octanol–water partition coefficient (Wildman–Crippen LogP) is 2.47. The monoisotopic (exact) mass is 305 g/mol. The molecule has 0 saturated carbocycles. The highest BCUT2D eigenvalue weighted by Crippen LogP contribution is 2.28. The molecule has 1 fully saturated rings. The van der Waals surface area contributed by atoms with E-state index in [4.69, 9.17) is 21.1 Å². The van der Waals surface area contributed by atoms with E-state index in [0.717, 1.165) is 29.9 Å². The van der Waals surface area contributed by atoms with Crippen molar-refractivity contribution in [3.8, 4) is 5.75 Å². The van der Waals surface area contributed by atoms with Crippen molar-refractivity contribution in [2.24, 2.45) is 0 Å². The first-order chi connectivity index (χ1) is 7.75. The zero-order valence-corrected chi connectivity index (χ0v) is 11.1. The van der Waals surface area contributed by atoms with Crippen LogP contribution in [-0.2, 0) is 4.74 Å². The minimum absolute atomic E-state index is 0.122. The molecule has 1 aliphatic rings. The average molecular weight is 307 g/mol. The fraction of sp³-hybridized carbons (Fsp3) is 0.455. The van der Waals surface area contributed by atoms with Crippen LogP contribution in [0.4, 0.5) is 0 Å². The third-order valence-electron chi connectivity index (χ3n) is 2.32. The van der Waals surface area contributed by atoms with Crippen LogP contribution in [0.15, 0.2) is 22.7 Å². The van der Waals surface area contributed by atoms with Gasteiger partial charge in [-0.2, -0.15) is 0 Å². The van der Waals surface area contributed by atoms with E-state index in [1.807, 2.05) is 18.2 Å². The Hall–Kier alpha value is -0.290. The van der Waals surface area contributed by atoms with E-state index in [1.54, 1.807) is 0 Å². The van der Waals surface area contributed by atoms with Crippen LogP contribution in [0.1, 0.15) is 0 Å². The predicted molar refractivity (Wildman–Crippen MR) is 67.3 cm³/mol. The molecule has 16 heavy (non-hydrogen) atoms. The summed E-state index contributed by atoms with van der Waals surface area (Å²) in [6, 6.07) is 5.47. The lowest BCUT2D eigenvalue weighted by Crippen LogP contribution is -2.41. The molecule has 1 unspecified atom stereocenters. The highest BCUT2D eigenvalue weighted by atomic mass is 79.9. The summed E-state index contributed by atoms with van der Waals surface area (Å²) in [5, 5.41) is 3.95. The Bertz CT molecular complexity index is 356. The summed E-state index contributed by atoms with van der Waals surface area (Å²) in [6.07, 6.45) is 0.122. The highest BCUT2D eigenvalue weighted by Gasteiger charge is 2.14. The summed E-state index contributed by atoms with van der Waals surface area (Å²) < 4.78 is 12.1. The van der Waals surface area contributed by atoms with E-state index >= 15 is 0 Å². The Labute approximate surface area is 108 Å². The summed E-state index contributed by atoms with van der Waals surface area (Å²) in [5.74, 6) is 0.790. The molecule has 0 spiro atoms. The van der Waals surface area contributed by atoms with Crippen LogP contribution in [0.3, 0.4) is 0 Å². The number of halogens is 2. The zero-order valence-electron chi connectivity index (χ0n) is 8.71. The van der Waals surface area contributed by atoms with E-state index in [9.17, 15) is 0 Å². The van der Waals surface area contributed by atoms with Crippen LogP contribution in [0.25, 0.3) is 0 Å². The van der Waals surface area contributed by atoms with E-state index in [0.29, 0.717) is 11.6 Å². The van der Waals surface area contributed by atoms with Gasteiger partial charge in [0.15, 0.2) is 0 Å². The summed E-state index contributed by atoms with van der Waals surface area (Å²) in [4.78, 5) is 0. The Morgan fingerprint density at radius 1 is 1.56 bits per heavy atom. The number of rotatable bonds is 3. The van der Waals surface area contributed by atoms with Gasteiger partial charge in [0.2, 0.25) is 0 Å².